The van der Waals surface area contributed by atoms with Crippen molar-refractivity contribution in [1.29, 1.82) is 0 Å². The Kier molecular flexibility index (Phi) is 1.59. The molecule has 0 aromatic carbocycles. The fraction of sp³-hybridized carbons (Fsp3) is 1.00. The summed E-state index contributed by atoms with van der Waals surface area (Å²) >= 11 is 0. The van der Waals surface area contributed by atoms with E-state index >= 15 is 0 Å². The molecular weight excluding hydrogens is 124 g/mol. The van der Waals surface area contributed by atoms with Gasteiger partial charge in [-0.25, -0.2) is 0 Å². The Morgan fingerprint density at radius 1 is 1.50 bits per heavy atom. The van der Waals surface area contributed by atoms with Gasteiger partial charge in [-0.15, -0.1) is 0 Å². The zero-order valence-electron chi connectivity index (χ0n) is 3.17. The fourth-order valence-electron chi connectivity index (χ4n) is 0.0603. The van der Waals surface area contributed by atoms with Gasteiger partial charge in [0.15, 0.2) is 0 Å². The zero-order chi connectivity index (χ0) is 3.91. The normalized spacial score (nSPS) is 25.0. The maximum atomic E-state index is 8.19. The van der Waals surface area contributed by atoms with Crippen molar-refractivity contribution in [2.45, 2.75) is 12.9 Å². The molecular formula is C2H4CrO3. The van der Waals surface area contributed by atoms with Crippen molar-refractivity contribution in [3.8, 4) is 0 Å². The van der Waals surface area contributed by atoms with Gasteiger partial charge in [-0.2, -0.15) is 9.78 Å². The maximum absolute atomic E-state index is 8.19. The molecule has 1 aliphatic heterocycles. The quantitative estimate of drug-likeness (QED) is 0.357. The van der Waals surface area contributed by atoms with Crippen LogP contribution >= 0.6 is 0 Å². The Labute approximate surface area is 45.9 Å². The van der Waals surface area contributed by atoms with E-state index in [1.54, 1.807) is 0 Å². The summed E-state index contributed by atoms with van der Waals surface area (Å²) in [4.78, 5) is 7.90. The third-order valence-corrected chi connectivity index (χ3v) is 0.325. The second kappa shape index (κ2) is 1.49. The molecule has 0 unspecified atom stereocenters. The summed E-state index contributed by atoms with van der Waals surface area (Å²) in [6, 6.07) is 0. The first-order valence-corrected chi connectivity index (χ1v) is 1.30. The largest absolute Gasteiger partial charge is 0.340 e. The van der Waals surface area contributed by atoms with Crippen LogP contribution in [-0.4, -0.2) is 11.1 Å². The van der Waals surface area contributed by atoms with Gasteiger partial charge >= 0.3 is 5.97 Å². The third-order valence-electron chi connectivity index (χ3n) is 0.325. The molecule has 0 spiro atoms. The van der Waals surface area contributed by atoms with E-state index in [1.807, 2.05) is 0 Å². The van der Waals surface area contributed by atoms with Crippen LogP contribution in [0.25, 0.3) is 0 Å². The number of rotatable bonds is 0. The summed E-state index contributed by atoms with van der Waals surface area (Å²) in [7, 11) is 0. The molecule has 0 aliphatic carbocycles. The summed E-state index contributed by atoms with van der Waals surface area (Å²) in [6.45, 7) is 1.41. The number of aliphatic hydroxyl groups is 1. The van der Waals surface area contributed by atoms with Crippen LogP contribution < -0.4 is 0 Å². The smallest absolute Gasteiger partial charge is 0.334 e. The summed E-state index contributed by atoms with van der Waals surface area (Å²) < 4.78 is 0. The van der Waals surface area contributed by atoms with Gasteiger partial charge in [0, 0.05) is 24.3 Å². The second-order valence-electron chi connectivity index (χ2n) is 1.06. The Morgan fingerprint density at radius 2 is 1.67 bits per heavy atom. The molecule has 3 nitrogen and oxygen atoms in total. The van der Waals surface area contributed by atoms with Crippen molar-refractivity contribution >= 4 is 0 Å². The van der Waals surface area contributed by atoms with E-state index in [2.05, 4.69) is 9.78 Å². The Bertz CT molecular complexity index is 46.8. The molecule has 1 rings (SSSR count). The van der Waals surface area contributed by atoms with Gasteiger partial charge in [0.25, 0.3) is 0 Å². The van der Waals surface area contributed by atoms with Gasteiger partial charge in [0.2, 0.25) is 0 Å². The van der Waals surface area contributed by atoms with Crippen LogP contribution in [0.15, 0.2) is 0 Å². The molecule has 0 radical (unpaired) electrons. The van der Waals surface area contributed by atoms with E-state index in [-0.39, 0.29) is 17.4 Å². The van der Waals surface area contributed by atoms with Gasteiger partial charge in [-0.05, 0) is 0 Å². The van der Waals surface area contributed by atoms with Crippen molar-refractivity contribution in [3.05, 3.63) is 0 Å². The molecule has 1 N–H and O–H groups in total. The van der Waals surface area contributed by atoms with E-state index in [4.69, 9.17) is 5.11 Å². The first-order valence-electron chi connectivity index (χ1n) is 1.30. The SMILES string of the molecule is CC1(O)OO1.[Cr]. The van der Waals surface area contributed by atoms with Gasteiger partial charge in [-0.1, -0.05) is 0 Å². The summed E-state index contributed by atoms with van der Waals surface area (Å²) in [5.74, 6) is -1.25. The predicted octanol–water partition coefficient (Wildman–Crippen LogP) is -0.388. The van der Waals surface area contributed by atoms with Crippen LogP contribution in [0.2, 0.25) is 0 Å². The van der Waals surface area contributed by atoms with Crippen LogP contribution in [-0.2, 0) is 27.1 Å². The van der Waals surface area contributed by atoms with Gasteiger partial charge < -0.3 is 5.11 Å². The Hall–Kier alpha value is 0.412. The van der Waals surface area contributed by atoms with Crippen molar-refractivity contribution in [2.75, 3.05) is 0 Å². The predicted molar refractivity (Wildman–Crippen MR) is 12.8 cm³/mol. The molecule has 4 heteroatoms. The van der Waals surface area contributed by atoms with Gasteiger partial charge in [-0.3, -0.25) is 0 Å². The standard InChI is InChI=1S/C2H4O3.Cr/c1-2(3)4-5-2;/h3H,1H3;. The van der Waals surface area contributed by atoms with Gasteiger partial charge in [0.1, 0.15) is 0 Å². The summed E-state index contributed by atoms with van der Waals surface area (Å²) in [6.07, 6.45) is 0. The fourth-order valence-corrected chi connectivity index (χ4v) is 0.0603. The first kappa shape index (κ1) is 6.41. The van der Waals surface area contributed by atoms with Crippen molar-refractivity contribution in [3.63, 3.8) is 0 Å². The molecule has 0 aromatic heterocycles. The Morgan fingerprint density at radius 3 is 1.67 bits per heavy atom. The molecule has 0 atom stereocenters. The van der Waals surface area contributed by atoms with Crippen LogP contribution in [0.1, 0.15) is 6.92 Å². The molecule has 0 amide bonds. The third kappa shape index (κ3) is 1.75. The summed E-state index contributed by atoms with van der Waals surface area (Å²) in [5.41, 5.74) is 0. The van der Waals surface area contributed by atoms with E-state index in [9.17, 15) is 0 Å². The monoisotopic (exact) mass is 128 g/mol. The van der Waals surface area contributed by atoms with E-state index in [0.717, 1.165) is 0 Å². The average Bonchev–Trinajstić information content (AvgIpc) is 1.76. The number of hydrogen-bond acceptors (Lipinski definition) is 3. The zero-order valence-corrected chi connectivity index (χ0v) is 4.45. The molecule has 1 aliphatic rings. The molecule has 0 aromatic rings. The second-order valence-corrected chi connectivity index (χ2v) is 1.06. The average molecular weight is 128 g/mol. The molecule has 1 fully saturated rings. The van der Waals surface area contributed by atoms with Crippen molar-refractivity contribution in [1.82, 2.24) is 0 Å². The first-order chi connectivity index (χ1) is 2.21. The molecule has 0 bridgehead atoms. The molecule has 36 valence electrons. The van der Waals surface area contributed by atoms with Crippen LogP contribution in [0, 0.1) is 0 Å². The number of hydrogen-bond donors (Lipinski definition) is 1. The molecule has 1 saturated heterocycles. The minimum atomic E-state index is -1.25. The molecule has 1 heterocycles. The van der Waals surface area contributed by atoms with E-state index in [1.165, 1.54) is 6.92 Å². The molecule has 0 saturated carbocycles. The summed E-state index contributed by atoms with van der Waals surface area (Å²) in [5, 5.41) is 8.19. The minimum Gasteiger partial charge on any atom is -0.340 e. The van der Waals surface area contributed by atoms with Gasteiger partial charge in [0.05, 0.1) is 0 Å². The minimum absolute atomic E-state index is 0. The maximum Gasteiger partial charge on any atom is 0.334 e. The van der Waals surface area contributed by atoms with Crippen molar-refractivity contribution in [2.24, 2.45) is 0 Å². The Balaban J connectivity index is 0.000000250. The van der Waals surface area contributed by atoms with Crippen molar-refractivity contribution < 1.29 is 32.2 Å². The van der Waals surface area contributed by atoms with E-state index < -0.39 is 5.97 Å². The molecule has 6 heavy (non-hydrogen) atoms. The van der Waals surface area contributed by atoms with Crippen LogP contribution in [0.3, 0.4) is 0 Å². The van der Waals surface area contributed by atoms with Crippen LogP contribution in [0.5, 0.6) is 0 Å². The van der Waals surface area contributed by atoms with E-state index in [0.29, 0.717) is 0 Å². The topological polar surface area (TPSA) is 45.3 Å². The van der Waals surface area contributed by atoms with Crippen LogP contribution in [0.4, 0.5) is 0 Å².